The van der Waals surface area contributed by atoms with Gasteiger partial charge in [-0.05, 0) is 72.7 Å². The molecule has 2 saturated heterocycles. The van der Waals surface area contributed by atoms with Crippen molar-refractivity contribution in [3.63, 3.8) is 0 Å². The van der Waals surface area contributed by atoms with E-state index < -0.39 is 23.7 Å². The van der Waals surface area contributed by atoms with E-state index >= 15 is 0 Å². The van der Waals surface area contributed by atoms with Gasteiger partial charge in [-0.15, -0.1) is 0 Å². The molecule has 7 atom stereocenters. The maximum absolute atomic E-state index is 14.3. The highest BCUT2D eigenvalue weighted by atomic mass is 16.2. The SMILES string of the molecule is Cc1cccc(N2C(=O)[C@H]3[C@@H]4C=C[C@@H](C5=C(c6ccccc6)C[C@H]6C(=O)N(c7cccc(C)c7)C(=O)[C@H]6[C@H]54)[C@H]3C2=O)c1. The second-order valence-electron chi connectivity index (χ2n) is 12.4. The molecule has 2 aliphatic heterocycles. The number of rotatable bonds is 3. The van der Waals surface area contributed by atoms with Gasteiger partial charge < -0.3 is 0 Å². The van der Waals surface area contributed by atoms with Gasteiger partial charge in [0.2, 0.25) is 23.6 Å². The Hall–Kier alpha value is -4.58. The van der Waals surface area contributed by atoms with Crippen LogP contribution < -0.4 is 9.80 Å². The average Bonchev–Trinajstić information content (AvgIpc) is 3.42. The zero-order valence-electron chi connectivity index (χ0n) is 23.4. The molecule has 0 unspecified atom stereocenters. The minimum atomic E-state index is -0.574. The van der Waals surface area contributed by atoms with Crippen molar-refractivity contribution in [1.82, 2.24) is 0 Å². The highest BCUT2D eigenvalue weighted by molar-refractivity contribution is 6.24. The number of hydrogen-bond donors (Lipinski definition) is 0. The third-order valence-corrected chi connectivity index (χ3v) is 10.2. The molecule has 42 heavy (non-hydrogen) atoms. The Kier molecular flexibility index (Phi) is 5.37. The minimum absolute atomic E-state index is 0.175. The summed E-state index contributed by atoms with van der Waals surface area (Å²) in [5, 5.41) is 0. The number of carbonyl (C=O) groups is 4. The van der Waals surface area contributed by atoms with Crippen LogP contribution in [0.25, 0.3) is 5.57 Å². The normalized spacial score (nSPS) is 31.1. The molecule has 0 N–H and O–H groups in total. The van der Waals surface area contributed by atoms with Crippen LogP contribution in [0.3, 0.4) is 0 Å². The van der Waals surface area contributed by atoms with Gasteiger partial charge in [0.15, 0.2) is 0 Å². The van der Waals surface area contributed by atoms with Crippen molar-refractivity contribution in [3.05, 3.63) is 113 Å². The van der Waals surface area contributed by atoms with Crippen molar-refractivity contribution in [3.8, 4) is 0 Å². The summed E-state index contributed by atoms with van der Waals surface area (Å²) in [6.45, 7) is 3.89. The predicted octanol–water partition coefficient (Wildman–Crippen LogP) is 5.50. The number of hydrogen-bond acceptors (Lipinski definition) is 4. The summed E-state index contributed by atoms with van der Waals surface area (Å²) in [6, 6.07) is 25.0. The fourth-order valence-corrected chi connectivity index (χ4v) is 8.56. The summed E-state index contributed by atoms with van der Waals surface area (Å²) in [5.41, 5.74) is 6.25. The zero-order valence-corrected chi connectivity index (χ0v) is 23.4. The average molecular weight is 555 g/mol. The Balaban J connectivity index is 1.29. The number of carbonyl (C=O) groups excluding carboxylic acids is 4. The molecule has 9 rings (SSSR count). The van der Waals surface area contributed by atoms with Crippen molar-refractivity contribution >= 4 is 40.6 Å². The van der Waals surface area contributed by atoms with Crippen LogP contribution in [0.1, 0.15) is 23.1 Å². The fraction of sp³-hybridized carbons (Fsp3) is 0.278. The largest absolute Gasteiger partial charge is 0.274 e. The smallest absolute Gasteiger partial charge is 0.238 e. The Morgan fingerprint density at radius 2 is 1.19 bits per heavy atom. The van der Waals surface area contributed by atoms with Gasteiger partial charge in [-0.3, -0.25) is 24.1 Å². The van der Waals surface area contributed by atoms with E-state index in [4.69, 9.17) is 0 Å². The molecule has 2 heterocycles. The van der Waals surface area contributed by atoms with Gasteiger partial charge in [0.1, 0.15) is 0 Å². The maximum Gasteiger partial charge on any atom is 0.238 e. The lowest BCUT2D eigenvalue weighted by Gasteiger charge is -2.51. The Morgan fingerprint density at radius 1 is 0.595 bits per heavy atom. The molecule has 3 aromatic carbocycles. The summed E-state index contributed by atoms with van der Waals surface area (Å²) in [7, 11) is 0. The lowest BCUT2D eigenvalue weighted by molar-refractivity contribution is -0.129. The molecular weight excluding hydrogens is 524 g/mol. The third kappa shape index (κ3) is 3.32. The van der Waals surface area contributed by atoms with Gasteiger partial charge >= 0.3 is 0 Å². The highest BCUT2D eigenvalue weighted by Gasteiger charge is 2.67. The monoisotopic (exact) mass is 554 g/mol. The Labute approximate surface area is 244 Å². The second-order valence-corrected chi connectivity index (χ2v) is 12.4. The first-order valence-corrected chi connectivity index (χ1v) is 14.7. The van der Waals surface area contributed by atoms with Gasteiger partial charge in [0.05, 0.1) is 35.0 Å². The molecule has 4 aliphatic carbocycles. The van der Waals surface area contributed by atoms with E-state index in [9.17, 15) is 19.2 Å². The van der Waals surface area contributed by atoms with E-state index in [0.29, 0.717) is 17.8 Å². The van der Waals surface area contributed by atoms with Crippen molar-refractivity contribution in [2.24, 2.45) is 41.4 Å². The van der Waals surface area contributed by atoms with Gasteiger partial charge in [-0.2, -0.15) is 0 Å². The van der Waals surface area contributed by atoms with E-state index in [1.165, 1.54) is 9.80 Å². The number of fused-ring (bicyclic) bond motifs is 1. The molecule has 1 saturated carbocycles. The zero-order chi connectivity index (χ0) is 28.9. The van der Waals surface area contributed by atoms with Crippen molar-refractivity contribution in [2.45, 2.75) is 20.3 Å². The Bertz CT molecular complexity index is 1770. The van der Waals surface area contributed by atoms with Gasteiger partial charge in [-0.1, -0.05) is 72.3 Å². The third-order valence-electron chi connectivity index (χ3n) is 10.2. The molecule has 6 heteroatoms. The minimum Gasteiger partial charge on any atom is -0.274 e. The molecule has 0 aromatic heterocycles. The lowest BCUT2D eigenvalue weighted by atomic mass is 9.49. The quantitative estimate of drug-likeness (QED) is 0.316. The molecular formula is C36H30N2O4. The number of nitrogens with zero attached hydrogens (tertiary/aromatic N) is 2. The molecule has 3 fully saturated rings. The van der Waals surface area contributed by atoms with Crippen LogP contribution >= 0.6 is 0 Å². The first-order chi connectivity index (χ1) is 20.3. The number of benzene rings is 3. The number of imide groups is 2. The molecule has 6 nitrogen and oxygen atoms in total. The predicted molar refractivity (Wildman–Crippen MR) is 159 cm³/mol. The highest BCUT2D eigenvalue weighted by Crippen LogP contribution is 2.63. The standard InChI is InChI=1S/C36H30N2O4/c1-19-8-6-12-22(16-19)37-33(39)27-18-26(21-10-4-3-5-11-21)28-24-14-15-25(29(28)32(27)36(37)42)31-30(24)34(40)38(35(31)41)23-13-7-9-20(2)17-23/h3-17,24-25,27,29-32H,18H2,1-2H3/t24-,25+,27+,29-,30+,31-,32+/m0/s1. The van der Waals surface area contributed by atoms with Crippen molar-refractivity contribution in [1.29, 1.82) is 0 Å². The number of aryl methyl sites for hydroxylation is 2. The van der Waals surface area contributed by atoms with Crippen molar-refractivity contribution in [2.75, 3.05) is 9.80 Å². The topological polar surface area (TPSA) is 74.8 Å². The number of allylic oxidation sites excluding steroid dienone is 4. The van der Waals surface area contributed by atoms with Gasteiger partial charge in [-0.25, -0.2) is 4.90 Å². The fourth-order valence-electron chi connectivity index (χ4n) is 8.56. The van der Waals surface area contributed by atoms with E-state index in [1.807, 2.05) is 92.7 Å². The molecule has 3 aromatic rings. The number of anilines is 2. The van der Waals surface area contributed by atoms with Crippen LogP contribution in [-0.2, 0) is 19.2 Å². The van der Waals surface area contributed by atoms with Crippen LogP contribution in [0.5, 0.6) is 0 Å². The molecule has 0 radical (unpaired) electrons. The maximum atomic E-state index is 14.3. The molecule has 0 spiro atoms. The first-order valence-electron chi connectivity index (χ1n) is 14.7. The summed E-state index contributed by atoms with van der Waals surface area (Å²) < 4.78 is 0. The lowest BCUT2D eigenvalue weighted by Crippen LogP contribution is -2.51. The summed E-state index contributed by atoms with van der Waals surface area (Å²) >= 11 is 0. The van der Waals surface area contributed by atoms with E-state index in [-0.39, 0.29) is 41.4 Å². The van der Waals surface area contributed by atoms with Crippen LogP contribution in [0, 0.1) is 55.3 Å². The number of amides is 4. The van der Waals surface area contributed by atoms with E-state index in [2.05, 4.69) is 12.2 Å². The molecule has 2 bridgehead atoms. The Morgan fingerprint density at radius 3 is 1.83 bits per heavy atom. The molecule has 208 valence electrons. The second kappa shape index (κ2) is 8.96. The van der Waals surface area contributed by atoms with Crippen molar-refractivity contribution < 1.29 is 19.2 Å². The summed E-state index contributed by atoms with van der Waals surface area (Å²) in [6.07, 6.45) is 4.58. The summed E-state index contributed by atoms with van der Waals surface area (Å²) in [5.74, 6) is -3.90. The van der Waals surface area contributed by atoms with Crippen LogP contribution in [0.15, 0.2) is 96.6 Å². The molecule has 6 aliphatic rings. The van der Waals surface area contributed by atoms with Gasteiger partial charge in [0, 0.05) is 11.8 Å². The van der Waals surface area contributed by atoms with E-state index in [1.54, 1.807) is 0 Å². The van der Waals surface area contributed by atoms with Crippen LogP contribution in [0.2, 0.25) is 0 Å². The first kappa shape index (κ1) is 25.2. The molecule has 4 amide bonds. The summed E-state index contributed by atoms with van der Waals surface area (Å²) in [4.78, 5) is 59.3. The van der Waals surface area contributed by atoms with Gasteiger partial charge in [0.25, 0.3) is 0 Å². The van der Waals surface area contributed by atoms with Crippen LogP contribution in [0.4, 0.5) is 11.4 Å². The van der Waals surface area contributed by atoms with E-state index in [0.717, 1.165) is 27.8 Å². The van der Waals surface area contributed by atoms with Crippen LogP contribution in [-0.4, -0.2) is 23.6 Å².